The number of aryl methyl sites for hydroxylation is 2. The average molecular weight is 292 g/mol. The maximum atomic E-state index is 12.4. The van der Waals surface area contributed by atoms with Crippen LogP contribution in [0.4, 0.5) is 0 Å². The first-order valence-electron chi connectivity index (χ1n) is 8.13. The maximum absolute atomic E-state index is 12.4. The number of nitrogens with one attached hydrogen (secondary N) is 1. The van der Waals surface area contributed by atoms with Crippen molar-refractivity contribution in [2.75, 3.05) is 19.6 Å². The lowest BCUT2D eigenvalue weighted by atomic mass is 9.87. The van der Waals surface area contributed by atoms with Crippen LogP contribution in [-0.2, 0) is 18.3 Å². The molecule has 0 radical (unpaired) electrons. The van der Waals surface area contributed by atoms with Crippen LogP contribution in [0.5, 0.6) is 0 Å². The van der Waals surface area contributed by atoms with Crippen molar-refractivity contribution in [3.05, 3.63) is 18.0 Å². The summed E-state index contributed by atoms with van der Waals surface area (Å²) < 4.78 is 1.85. The molecule has 1 fully saturated rings. The fourth-order valence-corrected chi connectivity index (χ4v) is 3.17. The number of likely N-dealkylation sites (N-methyl/N-ethyl adjacent to an activating group) is 1. The Morgan fingerprint density at radius 2 is 2.24 bits per heavy atom. The van der Waals surface area contributed by atoms with Gasteiger partial charge < -0.3 is 10.2 Å². The molecule has 1 saturated heterocycles. The molecule has 2 atom stereocenters. The van der Waals surface area contributed by atoms with E-state index < -0.39 is 0 Å². The molecule has 0 bridgehead atoms. The van der Waals surface area contributed by atoms with E-state index in [2.05, 4.69) is 16.6 Å². The molecule has 1 amide bonds. The second kappa shape index (κ2) is 7.59. The summed E-state index contributed by atoms with van der Waals surface area (Å²) in [6.07, 6.45) is 8.37. The van der Waals surface area contributed by atoms with Crippen LogP contribution in [0, 0.1) is 5.92 Å². The minimum Gasteiger partial charge on any atom is -0.342 e. The Hall–Kier alpha value is -1.36. The van der Waals surface area contributed by atoms with E-state index in [9.17, 15) is 4.79 Å². The van der Waals surface area contributed by atoms with Crippen molar-refractivity contribution in [3.63, 3.8) is 0 Å². The Balaban J connectivity index is 1.84. The lowest BCUT2D eigenvalue weighted by Gasteiger charge is -2.32. The molecule has 0 aliphatic carbocycles. The summed E-state index contributed by atoms with van der Waals surface area (Å²) in [5.74, 6) is 0.905. The van der Waals surface area contributed by atoms with Gasteiger partial charge in [-0.15, -0.1) is 0 Å². The second-order valence-electron chi connectivity index (χ2n) is 5.97. The molecule has 2 unspecified atom stereocenters. The summed E-state index contributed by atoms with van der Waals surface area (Å²) in [7, 11) is 1.95. The van der Waals surface area contributed by atoms with E-state index in [4.69, 9.17) is 0 Å². The molecule has 1 aromatic rings. The number of rotatable bonds is 6. The minimum atomic E-state index is 0.0116. The molecule has 0 aromatic carbocycles. The number of piperidine rings is 1. The smallest absolute Gasteiger partial charge is 0.239 e. The molecular formula is C16H28N4O. The third kappa shape index (κ3) is 4.30. The van der Waals surface area contributed by atoms with E-state index in [-0.39, 0.29) is 11.9 Å². The Kier molecular flexibility index (Phi) is 5.79. The normalized spacial score (nSPS) is 22.2. The number of carbonyl (C=O) groups excluding carboxylic acids is 1. The fraction of sp³-hybridized carbons (Fsp3) is 0.750. The van der Waals surface area contributed by atoms with E-state index in [1.54, 1.807) is 0 Å². The zero-order chi connectivity index (χ0) is 15.2. The Bertz CT molecular complexity index is 453. The number of nitrogens with zero attached hydrogens (tertiary/aromatic N) is 3. The van der Waals surface area contributed by atoms with Crippen LogP contribution < -0.4 is 5.32 Å². The molecule has 1 aromatic heterocycles. The van der Waals surface area contributed by atoms with Gasteiger partial charge in [0.2, 0.25) is 5.91 Å². The van der Waals surface area contributed by atoms with E-state index in [1.807, 2.05) is 36.7 Å². The molecule has 0 saturated carbocycles. The van der Waals surface area contributed by atoms with Crippen molar-refractivity contribution in [1.29, 1.82) is 0 Å². The summed E-state index contributed by atoms with van der Waals surface area (Å²) in [5, 5.41) is 7.61. The van der Waals surface area contributed by atoms with Crippen LogP contribution in [0.1, 0.15) is 38.7 Å². The lowest BCUT2D eigenvalue weighted by Crippen LogP contribution is -2.50. The van der Waals surface area contributed by atoms with Gasteiger partial charge in [0.05, 0.1) is 12.2 Å². The summed E-state index contributed by atoms with van der Waals surface area (Å²) >= 11 is 0. The van der Waals surface area contributed by atoms with Crippen LogP contribution in [0.2, 0.25) is 0 Å². The van der Waals surface area contributed by atoms with Crippen LogP contribution in [0.3, 0.4) is 0 Å². The fourth-order valence-electron chi connectivity index (χ4n) is 3.17. The van der Waals surface area contributed by atoms with Crippen molar-refractivity contribution >= 4 is 5.91 Å². The van der Waals surface area contributed by atoms with E-state index >= 15 is 0 Å². The number of amides is 1. The minimum absolute atomic E-state index is 0.0116. The summed E-state index contributed by atoms with van der Waals surface area (Å²) in [4.78, 5) is 14.4. The standard InChI is InChI=1S/C16H28N4O/c1-4-20(5-2)16(21)15-10-13(8-9-17-15)6-7-14-11-18-19(3)12-14/h11-13,15,17H,4-10H2,1-3H3. The Labute approximate surface area is 127 Å². The molecule has 0 spiro atoms. The highest BCUT2D eigenvalue weighted by atomic mass is 16.2. The van der Waals surface area contributed by atoms with Crippen molar-refractivity contribution < 1.29 is 4.79 Å². The van der Waals surface area contributed by atoms with E-state index in [0.717, 1.165) is 38.9 Å². The van der Waals surface area contributed by atoms with Crippen LogP contribution in [-0.4, -0.2) is 46.3 Å². The monoisotopic (exact) mass is 292 g/mol. The number of hydrogen-bond donors (Lipinski definition) is 1. The number of aromatic nitrogens is 2. The summed E-state index contributed by atoms with van der Waals surface area (Å²) in [6.45, 7) is 6.64. The van der Waals surface area contributed by atoms with Crippen molar-refractivity contribution in [2.45, 2.75) is 45.6 Å². The second-order valence-corrected chi connectivity index (χ2v) is 5.97. The van der Waals surface area contributed by atoms with Gasteiger partial charge in [-0.25, -0.2) is 0 Å². The molecule has 2 heterocycles. The molecular weight excluding hydrogens is 264 g/mol. The van der Waals surface area contributed by atoms with Crippen molar-refractivity contribution in [3.8, 4) is 0 Å². The van der Waals surface area contributed by atoms with E-state index in [1.165, 1.54) is 12.0 Å². The third-order valence-corrected chi connectivity index (χ3v) is 4.49. The highest BCUT2D eigenvalue weighted by Crippen LogP contribution is 2.22. The zero-order valence-electron chi connectivity index (χ0n) is 13.5. The number of carbonyl (C=O) groups is 1. The molecule has 1 aliphatic heterocycles. The molecule has 21 heavy (non-hydrogen) atoms. The SMILES string of the molecule is CCN(CC)C(=O)C1CC(CCc2cnn(C)c2)CCN1. The third-order valence-electron chi connectivity index (χ3n) is 4.49. The molecule has 118 valence electrons. The van der Waals surface area contributed by atoms with Crippen LogP contribution in [0.25, 0.3) is 0 Å². The summed E-state index contributed by atoms with van der Waals surface area (Å²) in [6, 6.07) is 0.0116. The Morgan fingerprint density at radius 3 is 2.86 bits per heavy atom. The van der Waals surface area contributed by atoms with Gasteiger partial charge in [-0.2, -0.15) is 5.10 Å². The van der Waals surface area contributed by atoms with Gasteiger partial charge in [0.15, 0.2) is 0 Å². The first-order valence-corrected chi connectivity index (χ1v) is 8.13. The maximum Gasteiger partial charge on any atom is 0.239 e. The molecule has 2 rings (SSSR count). The van der Waals surface area contributed by atoms with Gasteiger partial charge in [-0.3, -0.25) is 9.48 Å². The summed E-state index contributed by atoms with van der Waals surface area (Å²) in [5.41, 5.74) is 1.29. The first kappa shape index (κ1) is 16.0. The van der Waals surface area contributed by atoms with Gasteiger partial charge in [-0.1, -0.05) is 0 Å². The first-order chi connectivity index (χ1) is 10.1. The highest BCUT2D eigenvalue weighted by Gasteiger charge is 2.28. The van der Waals surface area contributed by atoms with Gasteiger partial charge in [0.1, 0.15) is 0 Å². The van der Waals surface area contributed by atoms with Gasteiger partial charge in [0, 0.05) is 26.3 Å². The predicted octanol–water partition coefficient (Wildman–Crippen LogP) is 1.59. The topological polar surface area (TPSA) is 50.2 Å². The molecule has 1 N–H and O–H groups in total. The van der Waals surface area contributed by atoms with E-state index in [0.29, 0.717) is 5.92 Å². The molecule has 5 nitrogen and oxygen atoms in total. The zero-order valence-corrected chi connectivity index (χ0v) is 13.5. The average Bonchev–Trinajstić information content (AvgIpc) is 2.92. The van der Waals surface area contributed by atoms with Gasteiger partial charge >= 0.3 is 0 Å². The predicted molar refractivity (Wildman–Crippen MR) is 84.0 cm³/mol. The van der Waals surface area contributed by atoms with Crippen molar-refractivity contribution in [2.24, 2.45) is 13.0 Å². The quantitative estimate of drug-likeness (QED) is 0.866. The van der Waals surface area contributed by atoms with Gasteiger partial charge in [0.25, 0.3) is 0 Å². The van der Waals surface area contributed by atoms with Gasteiger partial charge in [-0.05, 0) is 57.6 Å². The lowest BCUT2D eigenvalue weighted by molar-refractivity contribution is -0.134. The van der Waals surface area contributed by atoms with Crippen LogP contribution >= 0.6 is 0 Å². The van der Waals surface area contributed by atoms with Crippen LogP contribution in [0.15, 0.2) is 12.4 Å². The highest BCUT2D eigenvalue weighted by molar-refractivity contribution is 5.82. The molecule has 1 aliphatic rings. The Morgan fingerprint density at radius 1 is 1.48 bits per heavy atom. The molecule has 5 heteroatoms. The largest absolute Gasteiger partial charge is 0.342 e. The van der Waals surface area contributed by atoms with Crippen molar-refractivity contribution in [1.82, 2.24) is 20.0 Å². The number of hydrogen-bond acceptors (Lipinski definition) is 3.